The zero-order valence-electron chi connectivity index (χ0n) is 8.71. The molecular weight excluding hydrogens is 238 g/mol. The third-order valence-electron chi connectivity index (χ3n) is 2.33. The molecule has 6 heteroatoms. The van der Waals surface area contributed by atoms with Crippen LogP contribution in [0.5, 0.6) is 0 Å². The normalized spacial score (nSPS) is 10.1. The summed E-state index contributed by atoms with van der Waals surface area (Å²) in [7, 11) is 0. The lowest BCUT2D eigenvalue weighted by atomic mass is 10.1. The van der Waals surface area contributed by atoms with E-state index in [4.69, 9.17) is 18.0 Å². The molecule has 86 valence electrons. The smallest absolute Gasteiger partial charge is 0.270 e. The third kappa shape index (κ3) is 2.31. The Balaban J connectivity index is 2.63. The summed E-state index contributed by atoms with van der Waals surface area (Å²) in [6, 6.07) is 10.1. The molecule has 0 radical (unpaired) electrons. The molecule has 0 atom stereocenters. The maximum atomic E-state index is 10.7. The lowest BCUT2D eigenvalue weighted by molar-refractivity contribution is -0.384. The molecule has 0 unspecified atom stereocenters. The number of nitrogens with two attached hydrogens (primary N) is 1. The van der Waals surface area contributed by atoms with Crippen molar-refractivity contribution in [1.29, 1.82) is 0 Å². The van der Waals surface area contributed by atoms with Crippen molar-refractivity contribution in [2.24, 2.45) is 5.73 Å². The predicted octanol–water partition coefficient (Wildman–Crippen LogP) is 2.40. The minimum absolute atomic E-state index is 0.0367. The molecule has 0 heterocycles. The summed E-state index contributed by atoms with van der Waals surface area (Å²) in [5, 5.41) is 15.2. The second-order valence-corrected chi connectivity index (χ2v) is 3.90. The molecule has 2 aromatic rings. The van der Waals surface area contributed by atoms with Crippen molar-refractivity contribution in [3.8, 4) is 0 Å². The van der Waals surface area contributed by atoms with Crippen molar-refractivity contribution in [2.45, 2.75) is 0 Å². The number of nitro groups is 1. The first-order valence-corrected chi connectivity index (χ1v) is 5.22. The van der Waals surface area contributed by atoms with Crippen LogP contribution in [-0.4, -0.2) is 10.0 Å². The van der Waals surface area contributed by atoms with E-state index in [1.807, 2.05) is 12.1 Å². The number of thiocarbonyl (C=S) groups is 1. The Hall–Kier alpha value is -2.21. The number of rotatable bonds is 2. The maximum absolute atomic E-state index is 10.7. The van der Waals surface area contributed by atoms with Crippen LogP contribution in [0.15, 0.2) is 36.4 Å². The molecule has 0 aliphatic rings. The molecule has 0 saturated carbocycles. The number of nitro benzene ring substituents is 1. The Morgan fingerprint density at radius 1 is 1.35 bits per heavy atom. The van der Waals surface area contributed by atoms with Crippen molar-refractivity contribution in [3.63, 3.8) is 0 Å². The van der Waals surface area contributed by atoms with Crippen LogP contribution in [-0.2, 0) is 0 Å². The predicted molar refractivity (Wildman–Crippen MR) is 71.0 cm³/mol. The highest BCUT2D eigenvalue weighted by Gasteiger charge is 2.08. The van der Waals surface area contributed by atoms with Crippen molar-refractivity contribution >= 4 is 39.5 Å². The van der Waals surface area contributed by atoms with E-state index in [1.54, 1.807) is 12.1 Å². The highest BCUT2D eigenvalue weighted by Crippen LogP contribution is 2.27. The molecule has 0 bridgehead atoms. The van der Waals surface area contributed by atoms with E-state index in [1.165, 1.54) is 12.1 Å². The zero-order chi connectivity index (χ0) is 12.4. The number of hydrogen-bond acceptors (Lipinski definition) is 3. The number of nitrogens with one attached hydrogen (secondary N) is 1. The Morgan fingerprint density at radius 2 is 2.12 bits per heavy atom. The van der Waals surface area contributed by atoms with Crippen LogP contribution in [0.1, 0.15) is 0 Å². The topological polar surface area (TPSA) is 81.2 Å². The minimum Gasteiger partial charge on any atom is -0.376 e. The average molecular weight is 247 g/mol. The van der Waals surface area contributed by atoms with E-state index in [2.05, 4.69) is 5.32 Å². The van der Waals surface area contributed by atoms with E-state index in [-0.39, 0.29) is 10.8 Å². The lowest BCUT2D eigenvalue weighted by Crippen LogP contribution is -2.18. The first-order chi connectivity index (χ1) is 8.08. The second kappa shape index (κ2) is 4.34. The van der Waals surface area contributed by atoms with Crippen LogP contribution >= 0.6 is 12.2 Å². The summed E-state index contributed by atoms with van der Waals surface area (Å²) in [6.45, 7) is 0. The largest absolute Gasteiger partial charge is 0.376 e. The van der Waals surface area contributed by atoms with Gasteiger partial charge in [0.15, 0.2) is 5.11 Å². The van der Waals surface area contributed by atoms with E-state index >= 15 is 0 Å². The average Bonchev–Trinajstić information content (AvgIpc) is 2.28. The van der Waals surface area contributed by atoms with E-state index in [9.17, 15) is 10.1 Å². The molecule has 0 amide bonds. The third-order valence-corrected chi connectivity index (χ3v) is 2.44. The van der Waals surface area contributed by atoms with Gasteiger partial charge < -0.3 is 11.1 Å². The van der Waals surface area contributed by atoms with Gasteiger partial charge in [0.2, 0.25) is 0 Å². The van der Waals surface area contributed by atoms with Crippen LogP contribution in [0.4, 0.5) is 11.4 Å². The number of nitrogens with zero attached hydrogens (tertiary/aromatic N) is 1. The molecule has 17 heavy (non-hydrogen) atoms. The summed E-state index contributed by atoms with van der Waals surface area (Å²) < 4.78 is 0. The number of hydrogen-bond donors (Lipinski definition) is 2. The second-order valence-electron chi connectivity index (χ2n) is 3.46. The van der Waals surface area contributed by atoms with Gasteiger partial charge in [-0.1, -0.05) is 12.1 Å². The highest BCUT2D eigenvalue weighted by molar-refractivity contribution is 7.80. The quantitative estimate of drug-likeness (QED) is 0.484. The van der Waals surface area contributed by atoms with Crippen molar-refractivity contribution in [1.82, 2.24) is 0 Å². The molecule has 2 rings (SSSR count). The van der Waals surface area contributed by atoms with Crippen LogP contribution < -0.4 is 11.1 Å². The van der Waals surface area contributed by atoms with Crippen LogP contribution in [0, 0.1) is 10.1 Å². The molecule has 0 aliphatic heterocycles. The van der Waals surface area contributed by atoms with Crippen molar-refractivity contribution < 1.29 is 4.92 Å². The summed E-state index contributed by atoms with van der Waals surface area (Å²) >= 11 is 4.76. The molecule has 5 nitrogen and oxygen atoms in total. The summed E-state index contributed by atoms with van der Waals surface area (Å²) in [4.78, 5) is 10.3. The van der Waals surface area contributed by atoms with Gasteiger partial charge in [-0.3, -0.25) is 10.1 Å². The van der Waals surface area contributed by atoms with Gasteiger partial charge in [0.05, 0.1) is 4.92 Å². The van der Waals surface area contributed by atoms with E-state index in [0.29, 0.717) is 5.69 Å². The van der Waals surface area contributed by atoms with Crippen LogP contribution in [0.2, 0.25) is 0 Å². The molecule has 2 aromatic carbocycles. The number of fused-ring (bicyclic) bond motifs is 1. The number of anilines is 1. The maximum Gasteiger partial charge on any atom is 0.270 e. The standard InChI is InChI=1S/C11H9N3O2S/c12-11(17)13-10-3-1-2-7-4-5-8(14(15)16)6-9(7)10/h1-6H,(H3,12,13,17). The van der Waals surface area contributed by atoms with Gasteiger partial charge in [0.25, 0.3) is 5.69 Å². The molecule has 3 N–H and O–H groups in total. The zero-order valence-corrected chi connectivity index (χ0v) is 9.53. The molecule has 0 saturated heterocycles. The van der Waals surface area contributed by atoms with Gasteiger partial charge in [-0.05, 0) is 29.7 Å². The van der Waals surface area contributed by atoms with Crippen LogP contribution in [0.3, 0.4) is 0 Å². The van der Waals surface area contributed by atoms with Gasteiger partial charge in [-0.25, -0.2) is 0 Å². The first kappa shape index (κ1) is 11.3. The molecule has 0 aromatic heterocycles. The summed E-state index contributed by atoms with van der Waals surface area (Å²) in [5.41, 5.74) is 6.10. The fourth-order valence-corrected chi connectivity index (χ4v) is 1.73. The van der Waals surface area contributed by atoms with E-state index < -0.39 is 4.92 Å². The Morgan fingerprint density at radius 3 is 2.76 bits per heavy atom. The highest BCUT2D eigenvalue weighted by atomic mass is 32.1. The minimum atomic E-state index is -0.434. The van der Waals surface area contributed by atoms with E-state index in [0.717, 1.165) is 10.8 Å². The number of benzene rings is 2. The Kier molecular flexibility index (Phi) is 2.88. The summed E-state index contributed by atoms with van der Waals surface area (Å²) in [6.07, 6.45) is 0. The molecule has 0 fully saturated rings. The van der Waals surface area contributed by atoms with Gasteiger partial charge in [-0.15, -0.1) is 0 Å². The van der Waals surface area contributed by atoms with Gasteiger partial charge in [0, 0.05) is 23.2 Å². The van der Waals surface area contributed by atoms with Gasteiger partial charge >= 0.3 is 0 Å². The van der Waals surface area contributed by atoms with Gasteiger partial charge in [0.1, 0.15) is 0 Å². The van der Waals surface area contributed by atoms with Crippen molar-refractivity contribution in [3.05, 3.63) is 46.5 Å². The SMILES string of the molecule is NC(=S)Nc1cccc2ccc([N+](=O)[O-])cc12. The number of non-ortho nitro benzene ring substituents is 1. The van der Waals surface area contributed by atoms with Gasteiger partial charge in [-0.2, -0.15) is 0 Å². The summed E-state index contributed by atoms with van der Waals surface area (Å²) in [5.74, 6) is 0. The molecule has 0 spiro atoms. The monoisotopic (exact) mass is 247 g/mol. The fourth-order valence-electron chi connectivity index (χ4n) is 1.62. The molecule has 0 aliphatic carbocycles. The first-order valence-electron chi connectivity index (χ1n) is 4.81. The van der Waals surface area contributed by atoms with Crippen molar-refractivity contribution in [2.75, 3.05) is 5.32 Å². The Labute approximate surface area is 102 Å². The lowest BCUT2D eigenvalue weighted by Gasteiger charge is -2.07. The fraction of sp³-hybridized carbons (Fsp3) is 0. The van der Waals surface area contributed by atoms with Crippen LogP contribution in [0.25, 0.3) is 10.8 Å². The molecular formula is C11H9N3O2S. The Bertz CT molecular complexity index is 613.